The van der Waals surface area contributed by atoms with Gasteiger partial charge in [-0.2, -0.15) is 0 Å². The molecule has 0 amide bonds. The highest BCUT2D eigenvalue weighted by Crippen LogP contribution is 2.48. The third-order valence-corrected chi connectivity index (χ3v) is 6.27. The first kappa shape index (κ1) is 15.5. The van der Waals surface area contributed by atoms with Crippen molar-refractivity contribution < 1.29 is 4.74 Å². The van der Waals surface area contributed by atoms with Crippen molar-refractivity contribution in [2.45, 2.75) is 32.0 Å². The van der Waals surface area contributed by atoms with Gasteiger partial charge in [-0.15, -0.1) is 0 Å². The van der Waals surface area contributed by atoms with Crippen LogP contribution in [0.5, 0.6) is 5.75 Å². The van der Waals surface area contributed by atoms with E-state index in [1.54, 1.807) is 0 Å². The zero-order chi connectivity index (χ0) is 17.0. The maximum atomic E-state index is 6.41. The van der Waals surface area contributed by atoms with Gasteiger partial charge in [-0.3, -0.25) is 0 Å². The molecule has 0 N–H and O–H groups in total. The van der Waals surface area contributed by atoms with Gasteiger partial charge >= 0.3 is 0 Å². The Labute approximate surface area is 154 Å². The summed E-state index contributed by atoms with van der Waals surface area (Å²) in [4.78, 5) is 5.12. The maximum Gasteiger partial charge on any atom is 0.199 e. The molecule has 2 unspecified atom stereocenters. The molecule has 25 heavy (non-hydrogen) atoms. The molecule has 0 aliphatic carbocycles. The smallest absolute Gasteiger partial charge is 0.199 e. The maximum absolute atomic E-state index is 6.41. The number of halogens is 1. The van der Waals surface area contributed by atoms with E-state index >= 15 is 0 Å². The van der Waals surface area contributed by atoms with Crippen LogP contribution in [0, 0.1) is 12.8 Å². The number of hydrogen-bond donors (Lipinski definition) is 0. The summed E-state index contributed by atoms with van der Waals surface area (Å²) in [5.74, 6) is 1.66. The van der Waals surface area contributed by atoms with Crippen LogP contribution in [0.4, 0.5) is 5.69 Å². The van der Waals surface area contributed by atoms with Gasteiger partial charge in [0.05, 0.1) is 5.69 Å². The van der Waals surface area contributed by atoms with Crippen LogP contribution in [-0.2, 0) is 0 Å². The molecule has 2 aromatic carbocycles. The summed E-state index contributed by atoms with van der Waals surface area (Å²) in [6.45, 7) is 5.76. The average molecular weight is 355 g/mol. The van der Waals surface area contributed by atoms with E-state index in [-0.39, 0.29) is 6.23 Å². The molecule has 3 fully saturated rings. The first-order valence-corrected chi connectivity index (χ1v) is 9.60. The van der Waals surface area contributed by atoms with Crippen LogP contribution in [0.15, 0.2) is 42.5 Å². The average Bonchev–Trinajstić information content (AvgIpc) is 3.01. The van der Waals surface area contributed by atoms with Crippen LogP contribution in [0.25, 0.3) is 0 Å². The highest BCUT2D eigenvalue weighted by atomic mass is 35.5. The van der Waals surface area contributed by atoms with Crippen molar-refractivity contribution in [2.24, 2.45) is 5.92 Å². The van der Waals surface area contributed by atoms with E-state index in [0.29, 0.717) is 6.04 Å². The predicted molar refractivity (Wildman–Crippen MR) is 101 cm³/mol. The Hall–Kier alpha value is -1.71. The van der Waals surface area contributed by atoms with E-state index < -0.39 is 0 Å². The van der Waals surface area contributed by atoms with E-state index in [9.17, 15) is 0 Å². The minimum absolute atomic E-state index is 0.0559. The molecule has 4 aliphatic rings. The second kappa shape index (κ2) is 5.93. The van der Waals surface area contributed by atoms with Crippen molar-refractivity contribution in [3.8, 4) is 5.75 Å². The zero-order valence-electron chi connectivity index (χ0n) is 14.5. The lowest BCUT2D eigenvalue weighted by atomic mass is 9.82. The minimum Gasteiger partial charge on any atom is -0.464 e. The van der Waals surface area contributed by atoms with Gasteiger partial charge in [0, 0.05) is 29.2 Å². The van der Waals surface area contributed by atoms with E-state index in [1.165, 1.54) is 42.7 Å². The fraction of sp³-hybridized carbons (Fsp3) is 0.429. The van der Waals surface area contributed by atoms with E-state index in [1.807, 2.05) is 12.1 Å². The Balaban J connectivity index is 1.57. The monoisotopic (exact) mass is 354 g/mol. The Morgan fingerprint density at radius 1 is 1.04 bits per heavy atom. The van der Waals surface area contributed by atoms with Crippen LogP contribution in [0.1, 0.15) is 30.2 Å². The van der Waals surface area contributed by atoms with Gasteiger partial charge in [-0.05, 0) is 50.9 Å². The Morgan fingerprint density at radius 3 is 2.48 bits per heavy atom. The molecule has 3 nitrogen and oxygen atoms in total. The number of benzene rings is 2. The lowest BCUT2D eigenvalue weighted by Gasteiger charge is -2.49. The highest BCUT2D eigenvalue weighted by molar-refractivity contribution is 6.30. The normalized spacial score (nSPS) is 30.2. The van der Waals surface area contributed by atoms with Crippen molar-refractivity contribution in [2.75, 3.05) is 24.5 Å². The number of nitrogens with zero attached hydrogens (tertiary/aromatic N) is 2. The lowest BCUT2D eigenvalue weighted by Crippen LogP contribution is -2.57. The number of aryl methyl sites for hydroxylation is 1. The number of anilines is 1. The van der Waals surface area contributed by atoms with E-state index in [4.69, 9.17) is 16.3 Å². The van der Waals surface area contributed by atoms with Crippen LogP contribution in [0.3, 0.4) is 0 Å². The van der Waals surface area contributed by atoms with Gasteiger partial charge in [0.2, 0.25) is 0 Å². The van der Waals surface area contributed by atoms with Crippen LogP contribution >= 0.6 is 11.6 Å². The topological polar surface area (TPSA) is 15.7 Å². The third kappa shape index (κ3) is 2.61. The van der Waals surface area contributed by atoms with E-state index in [2.05, 4.69) is 47.1 Å². The Bertz CT molecular complexity index is 783. The van der Waals surface area contributed by atoms with E-state index in [0.717, 1.165) is 23.2 Å². The van der Waals surface area contributed by atoms with Gasteiger partial charge in [0.15, 0.2) is 6.23 Å². The molecule has 2 atom stereocenters. The summed E-state index contributed by atoms with van der Waals surface area (Å²) in [6, 6.07) is 15.3. The molecular formula is C21H23ClN2O. The molecule has 2 bridgehead atoms. The first-order valence-electron chi connectivity index (χ1n) is 9.22. The molecule has 0 radical (unpaired) electrons. The van der Waals surface area contributed by atoms with Gasteiger partial charge in [-0.1, -0.05) is 41.4 Å². The molecule has 4 heterocycles. The molecule has 3 saturated heterocycles. The lowest BCUT2D eigenvalue weighted by molar-refractivity contribution is 0.0700. The summed E-state index contributed by atoms with van der Waals surface area (Å²) in [5, 5.41) is 0.733. The zero-order valence-corrected chi connectivity index (χ0v) is 15.2. The molecule has 6 rings (SSSR count). The number of rotatable bonds is 2. The van der Waals surface area contributed by atoms with Crippen LogP contribution in [0.2, 0.25) is 5.02 Å². The van der Waals surface area contributed by atoms with Crippen molar-refractivity contribution in [3.63, 3.8) is 0 Å². The summed E-state index contributed by atoms with van der Waals surface area (Å²) >= 11 is 6.23. The number of hydrogen-bond acceptors (Lipinski definition) is 3. The SMILES string of the molecule is Cc1ccc(C2Oc3cc(Cl)ccc3N2C2CN3CCC2CC3)cc1. The fourth-order valence-corrected chi connectivity index (χ4v) is 4.82. The summed E-state index contributed by atoms with van der Waals surface area (Å²) in [7, 11) is 0. The summed E-state index contributed by atoms with van der Waals surface area (Å²) in [5.41, 5.74) is 3.68. The van der Waals surface area contributed by atoms with Crippen LogP contribution in [-0.4, -0.2) is 30.6 Å². The van der Waals surface area contributed by atoms with Crippen molar-refractivity contribution in [1.29, 1.82) is 0 Å². The van der Waals surface area contributed by atoms with Gasteiger partial charge in [0.25, 0.3) is 0 Å². The van der Waals surface area contributed by atoms with Crippen molar-refractivity contribution in [1.82, 2.24) is 4.90 Å². The molecule has 2 aromatic rings. The molecule has 4 heteroatoms. The molecule has 4 aliphatic heterocycles. The molecule has 130 valence electrons. The van der Waals surface area contributed by atoms with Crippen molar-refractivity contribution in [3.05, 3.63) is 58.6 Å². The second-order valence-electron chi connectivity index (χ2n) is 7.61. The third-order valence-electron chi connectivity index (χ3n) is 6.03. The molecular weight excluding hydrogens is 332 g/mol. The second-order valence-corrected chi connectivity index (χ2v) is 8.04. The van der Waals surface area contributed by atoms with Crippen LogP contribution < -0.4 is 9.64 Å². The molecule has 0 spiro atoms. The summed E-state index contributed by atoms with van der Waals surface area (Å²) in [6.07, 6.45) is 2.54. The first-order chi connectivity index (χ1) is 12.2. The Kier molecular flexibility index (Phi) is 3.68. The Morgan fingerprint density at radius 2 is 1.80 bits per heavy atom. The standard InChI is InChI=1S/C21H23ClN2O/c1-14-2-4-16(5-3-14)21-24(18-7-6-17(22)12-20(18)25-21)19-13-23-10-8-15(19)9-11-23/h2-7,12,15,19,21H,8-11,13H2,1H3. The number of fused-ring (bicyclic) bond motifs is 4. The largest absolute Gasteiger partial charge is 0.464 e. The van der Waals surface area contributed by atoms with Gasteiger partial charge < -0.3 is 14.5 Å². The molecule has 0 saturated carbocycles. The van der Waals surface area contributed by atoms with Crippen molar-refractivity contribution >= 4 is 17.3 Å². The number of ether oxygens (including phenoxy) is 1. The van der Waals surface area contributed by atoms with Gasteiger partial charge in [0.1, 0.15) is 5.75 Å². The highest BCUT2D eigenvalue weighted by Gasteiger charge is 2.44. The summed E-state index contributed by atoms with van der Waals surface area (Å²) < 4.78 is 6.41. The fourth-order valence-electron chi connectivity index (χ4n) is 4.66. The number of piperidine rings is 3. The minimum atomic E-state index is -0.0559. The quantitative estimate of drug-likeness (QED) is 0.781. The predicted octanol–water partition coefficient (Wildman–Crippen LogP) is 4.64. The van der Waals surface area contributed by atoms with Gasteiger partial charge in [-0.25, -0.2) is 0 Å². The molecule has 0 aromatic heterocycles.